The van der Waals surface area contributed by atoms with Gasteiger partial charge in [0.1, 0.15) is 5.82 Å². The molecule has 0 aliphatic heterocycles. The molecule has 0 saturated carbocycles. The van der Waals surface area contributed by atoms with Gasteiger partial charge in [0, 0.05) is 13.3 Å². The first kappa shape index (κ1) is 14.0. The quantitative estimate of drug-likeness (QED) is 0.798. The lowest BCUT2D eigenvalue weighted by molar-refractivity contribution is -0.145. The topological polar surface area (TPSA) is 88.5 Å². The number of halogens is 1. The molecule has 1 rings (SSSR count). The average Bonchev–Trinajstić information content (AvgIpc) is 2.29. The van der Waals surface area contributed by atoms with E-state index in [-0.39, 0.29) is 12.2 Å². The first-order valence-corrected chi connectivity index (χ1v) is 5.04. The minimum absolute atomic E-state index is 0.0569. The number of pyridine rings is 1. The first-order chi connectivity index (χ1) is 8.39. The third-order valence-electron chi connectivity index (χ3n) is 2.26. The fourth-order valence-electron chi connectivity index (χ4n) is 1.30. The molecule has 1 aromatic heterocycles. The summed E-state index contributed by atoms with van der Waals surface area (Å²) in [7, 11) is 1.32. The van der Waals surface area contributed by atoms with Crippen molar-refractivity contribution in [2.45, 2.75) is 12.5 Å². The molecule has 1 unspecified atom stereocenters. The summed E-state index contributed by atoms with van der Waals surface area (Å²) in [5.74, 6) is -2.66. The predicted octanol–water partition coefficient (Wildman–Crippen LogP) is 0.440. The van der Waals surface area contributed by atoms with Crippen LogP contribution >= 0.6 is 0 Å². The number of ether oxygens (including phenoxy) is 1. The fourth-order valence-corrected chi connectivity index (χ4v) is 1.30. The van der Waals surface area contributed by atoms with Gasteiger partial charge in [-0.3, -0.25) is 9.78 Å². The third-order valence-corrected chi connectivity index (χ3v) is 2.26. The molecule has 18 heavy (non-hydrogen) atoms. The molecule has 0 aliphatic rings. The van der Waals surface area contributed by atoms with Crippen molar-refractivity contribution in [3.05, 3.63) is 29.8 Å². The number of carboxylic acids is 1. The van der Waals surface area contributed by atoms with Crippen LogP contribution in [0.2, 0.25) is 0 Å². The lowest BCUT2D eigenvalue weighted by Crippen LogP contribution is -2.55. The molecule has 0 spiro atoms. The van der Waals surface area contributed by atoms with Crippen LogP contribution in [0.25, 0.3) is 0 Å². The second-order valence-corrected chi connectivity index (χ2v) is 3.92. The van der Waals surface area contributed by atoms with Gasteiger partial charge in [-0.25, -0.2) is 9.18 Å². The van der Waals surface area contributed by atoms with E-state index in [1.54, 1.807) is 0 Å². The Balaban J connectivity index is 2.88. The summed E-state index contributed by atoms with van der Waals surface area (Å²) < 4.78 is 17.6. The van der Waals surface area contributed by atoms with Gasteiger partial charge in [0.15, 0.2) is 5.54 Å². The van der Waals surface area contributed by atoms with Gasteiger partial charge in [0.25, 0.3) is 5.91 Å². The van der Waals surface area contributed by atoms with Crippen molar-refractivity contribution in [1.82, 2.24) is 10.3 Å². The molecule has 0 aliphatic carbocycles. The van der Waals surface area contributed by atoms with Crippen LogP contribution in [0.4, 0.5) is 4.39 Å². The maximum atomic E-state index is 12.9. The molecule has 1 amide bonds. The van der Waals surface area contributed by atoms with E-state index < -0.39 is 23.2 Å². The van der Waals surface area contributed by atoms with E-state index in [1.165, 1.54) is 14.0 Å². The Morgan fingerprint density at radius 1 is 1.56 bits per heavy atom. The Kier molecular flexibility index (Phi) is 4.33. The van der Waals surface area contributed by atoms with Crippen molar-refractivity contribution in [1.29, 1.82) is 0 Å². The van der Waals surface area contributed by atoms with Crippen LogP contribution in [-0.4, -0.2) is 41.2 Å². The second kappa shape index (κ2) is 5.54. The maximum absolute atomic E-state index is 12.9. The number of nitrogens with one attached hydrogen (secondary N) is 1. The Hall–Kier alpha value is -2.02. The molecule has 7 heteroatoms. The zero-order chi connectivity index (χ0) is 13.8. The molecule has 0 bridgehead atoms. The number of aromatic nitrogens is 1. The highest BCUT2D eigenvalue weighted by Crippen LogP contribution is 2.08. The normalized spacial score (nSPS) is 13.7. The minimum Gasteiger partial charge on any atom is -0.479 e. The van der Waals surface area contributed by atoms with Gasteiger partial charge in [0.05, 0.1) is 18.4 Å². The van der Waals surface area contributed by atoms with Gasteiger partial charge in [0.2, 0.25) is 0 Å². The van der Waals surface area contributed by atoms with E-state index in [0.29, 0.717) is 0 Å². The van der Waals surface area contributed by atoms with E-state index in [4.69, 9.17) is 9.84 Å². The summed E-state index contributed by atoms with van der Waals surface area (Å²) in [6.07, 6.45) is 2.09. The number of amides is 1. The SMILES string of the molecule is COCC(C)(NC(=O)c1cncc(F)c1)C(=O)O. The van der Waals surface area contributed by atoms with Crippen molar-refractivity contribution in [2.75, 3.05) is 13.7 Å². The van der Waals surface area contributed by atoms with E-state index in [2.05, 4.69) is 10.3 Å². The van der Waals surface area contributed by atoms with Crippen molar-refractivity contribution in [3.8, 4) is 0 Å². The van der Waals surface area contributed by atoms with Crippen molar-refractivity contribution in [3.63, 3.8) is 0 Å². The van der Waals surface area contributed by atoms with Gasteiger partial charge in [-0.05, 0) is 13.0 Å². The molecule has 98 valence electrons. The Morgan fingerprint density at radius 2 is 2.22 bits per heavy atom. The van der Waals surface area contributed by atoms with E-state index in [0.717, 1.165) is 18.5 Å². The molecule has 0 radical (unpaired) electrons. The van der Waals surface area contributed by atoms with E-state index in [9.17, 15) is 14.0 Å². The number of rotatable bonds is 5. The zero-order valence-corrected chi connectivity index (χ0v) is 9.94. The van der Waals surface area contributed by atoms with Crippen LogP contribution < -0.4 is 5.32 Å². The smallest absolute Gasteiger partial charge is 0.331 e. The van der Waals surface area contributed by atoms with Gasteiger partial charge in [-0.2, -0.15) is 0 Å². The summed E-state index contributed by atoms with van der Waals surface area (Å²) in [5, 5.41) is 11.3. The number of carboxylic acid groups (broad SMARTS) is 1. The number of carbonyl (C=O) groups is 2. The molecule has 6 nitrogen and oxygen atoms in total. The van der Waals surface area contributed by atoms with E-state index in [1.807, 2.05) is 0 Å². The number of methoxy groups -OCH3 is 1. The van der Waals surface area contributed by atoms with Crippen molar-refractivity contribution >= 4 is 11.9 Å². The molecule has 0 saturated heterocycles. The lowest BCUT2D eigenvalue weighted by Gasteiger charge is -2.25. The summed E-state index contributed by atoms with van der Waals surface area (Å²) in [6, 6.07) is 0.970. The summed E-state index contributed by atoms with van der Waals surface area (Å²) in [6.45, 7) is 1.08. The number of carbonyl (C=O) groups excluding carboxylic acids is 1. The van der Waals surface area contributed by atoms with Crippen LogP contribution in [-0.2, 0) is 9.53 Å². The summed E-state index contributed by atoms with van der Waals surface area (Å²) in [4.78, 5) is 26.3. The second-order valence-electron chi connectivity index (χ2n) is 3.92. The minimum atomic E-state index is -1.59. The average molecular weight is 256 g/mol. The highest BCUT2D eigenvalue weighted by molar-refractivity contribution is 5.97. The summed E-state index contributed by atoms with van der Waals surface area (Å²) in [5.41, 5.74) is -1.64. The zero-order valence-electron chi connectivity index (χ0n) is 9.94. The molecule has 1 atom stereocenters. The number of nitrogens with zero attached hydrogens (tertiary/aromatic N) is 1. The molecule has 1 heterocycles. The van der Waals surface area contributed by atoms with Gasteiger partial charge in [-0.15, -0.1) is 0 Å². The monoisotopic (exact) mass is 256 g/mol. The van der Waals surface area contributed by atoms with Crippen LogP contribution in [0.15, 0.2) is 18.5 Å². The molecular weight excluding hydrogens is 243 g/mol. The first-order valence-electron chi connectivity index (χ1n) is 5.04. The predicted molar refractivity (Wildman–Crippen MR) is 59.6 cm³/mol. The van der Waals surface area contributed by atoms with Crippen LogP contribution in [0, 0.1) is 5.82 Å². The largest absolute Gasteiger partial charge is 0.479 e. The standard InChI is InChI=1S/C11H13FN2O4/c1-11(6-18-2,10(16)17)14-9(15)7-3-8(12)5-13-4-7/h3-5H,6H2,1-2H3,(H,14,15)(H,16,17). The number of hydrogen-bond acceptors (Lipinski definition) is 4. The third kappa shape index (κ3) is 3.24. The number of aliphatic carboxylic acids is 1. The maximum Gasteiger partial charge on any atom is 0.331 e. The molecule has 0 fully saturated rings. The van der Waals surface area contributed by atoms with Crippen LogP contribution in [0.5, 0.6) is 0 Å². The Bertz CT molecular complexity index is 466. The van der Waals surface area contributed by atoms with E-state index >= 15 is 0 Å². The summed E-state index contributed by atoms with van der Waals surface area (Å²) >= 11 is 0. The highest BCUT2D eigenvalue weighted by Gasteiger charge is 2.35. The van der Waals surface area contributed by atoms with Gasteiger partial charge >= 0.3 is 5.97 Å². The molecular formula is C11H13FN2O4. The van der Waals surface area contributed by atoms with Crippen molar-refractivity contribution in [2.24, 2.45) is 0 Å². The van der Waals surface area contributed by atoms with Gasteiger partial charge in [-0.1, -0.05) is 0 Å². The highest BCUT2D eigenvalue weighted by atomic mass is 19.1. The number of hydrogen-bond donors (Lipinski definition) is 2. The van der Waals surface area contributed by atoms with Crippen LogP contribution in [0.1, 0.15) is 17.3 Å². The molecule has 1 aromatic rings. The lowest BCUT2D eigenvalue weighted by atomic mass is 10.0. The van der Waals surface area contributed by atoms with Crippen molar-refractivity contribution < 1.29 is 23.8 Å². The molecule has 2 N–H and O–H groups in total. The molecule has 0 aromatic carbocycles. The fraction of sp³-hybridized carbons (Fsp3) is 0.364. The van der Waals surface area contributed by atoms with Gasteiger partial charge < -0.3 is 15.2 Å². The van der Waals surface area contributed by atoms with Crippen LogP contribution in [0.3, 0.4) is 0 Å². The Morgan fingerprint density at radius 3 is 2.72 bits per heavy atom. The Labute approximate surface area is 103 Å².